The second-order valence-electron chi connectivity index (χ2n) is 4.63. The molecule has 3 nitrogen and oxygen atoms in total. The van der Waals surface area contributed by atoms with Crippen molar-refractivity contribution in [1.82, 2.24) is 5.32 Å². The van der Waals surface area contributed by atoms with Crippen LogP contribution in [0.1, 0.15) is 17.7 Å². The summed E-state index contributed by atoms with van der Waals surface area (Å²) in [5.74, 6) is 0. The van der Waals surface area contributed by atoms with Gasteiger partial charge in [0.15, 0.2) is 0 Å². The molecule has 1 aliphatic heterocycles. The maximum atomic E-state index is 5.92. The average molecular weight is 319 g/mol. The van der Waals surface area contributed by atoms with Gasteiger partial charge >= 0.3 is 0 Å². The van der Waals surface area contributed by atoms with Crippen LogP contribution in [0.5, 0.6) is 0 Å². The van der Waals surface area contributed by atoms with E-state index >= 15 is 0 Å². The fourth-order valence-electron chi connectivity index (χ4n) is 2.16. The van der Waals surface area contributed by atoms with Gasteiger partial charge in [0.05, 0.1) is 3.79 Å². The predicted octanol–water partition coefficient (Wildman–Crippen LogP) is 2.36. The van der Waals surface area contributed by atoms with E-state index in [1.54, 1.807) is 11.3 Å². The van der Waals surface area contributed by atoms with Crippen LogP contribution in [-0.2, 0) is 11.3 Å². The molecule has 1 fully saturated rings. The number of nitrogens with two attached hydrogens (primary N) is 1. The van der Waals surface area contributed by atoms with Crippen molar-refractivity contribution < 1.29 is 4.74 Å². The van der Waals surface area contributed by atoms with Gasteiger partial charge in [0, 0.05) is 31.2 Å². The fourth-order valence-corrected chi connectivity index (χ4v) is 3.61. The van der Waals surface area contributed by atoms with Crippen LogP contribution < -0.4 is 11.1 Å². The third kappa shape index (κ3) is 3.76. The van der Waals surface area contributed by atoms with Gasteiger partial charge in [-0.2, -0.15) is 0 Å². The predicted molar refractivity (Wildman–Crippen MR) is 75.3 cm³/mol. The molecular weight excluding hydrogens is 300 g/mol. The highest BCUT2D eigenvalue weighted by Gasteiger charge is 2.30. The highest BCUT2D eigenvalue weighted by molar-refractivity contribution is 9.11. The summed E-state index contributed by atoms with van der Waals surface area (Å²) >= 11 is 5.26. The van der Waals surface area contributed by atoms with Gasteiger partial charge in [0.25, 0.3) is 0 Å². The lowest BCUT2D eigenvalue weighted by Gasteiger charge is -2.36. The summed E-state index contributed by atoms with van der Waals surface area (Å²) in [6.45, 7) is 4.37. The summed E-state index contributed by atoms with van der Waals surface area (Å²) in [5, 5.41) is 3.53. The molecule has 96 valence electrons. The third-order valence-corrected chi connectivity index (χ3v) is 5.04. The number of rotatable bonds is 5. The Morgan fingerprint density at radius 1 is 1.41 bits per heavy atom. The van der Waals surface area contributed by atoms with Crippen LogP contribution in [0.3, 0.4) is 0 Å². The molecule has 2 rings (SSSR count). The van der Waals surface area contributed by atoms with E-state index in [1.807, 2.05) is 0 Å². The van der Waals surface area contributed by atoms with Gasteiger partial charge in [0.2, 0.25) is 0 Å². The van der Waals surface area contributed by atoms with Gasteiger partial charge in [0.1, 0.15) is 0 Å². The maximum absolute atomic E-state index is 5.92. The summed E-state index contributed by atoms with van der Waals surface area (Å²) < 4.78 is 6.60. The molecule has 0 spiro atoms. The Morgan fingerprint density at radius 2 is 2.18 bits per heavy atom. The van der Waals surface area contributed by atoms with Crippen molar-refractivity contribution >= 4 is 27.3 Å². The summed E-state index contributed by atoms with van der Waals surface area (Å²) in [6, 6.07) is 4.25. The van der Waals surface area contributed by atoms with Crippen molar-refractivity contribution in [3.8, 4) is 0 Å². The van der Waals surface area contributed by atoms with E-state index in [1.165, 1.54) is 8.66 Å². The Kier molecular flexibility index (Phi) is 4.99. The molecule has 0 unspecified atom stereocenters. The molecular formula is C12H19BrN2OS. The summed E-state index contributed by atoms with van der Waals surface area (Å²) in [5.41, 5.74) is 6.16. The van der Waals surface area contributed by atoms with Gasteiger partial charge in [-0.15, -0.1) is 11.3 Å². The molecule has 0 aliphatic carbocycles. The standard InChI is InChI=1S/C12H19BrN2OS/c13-11-2-1-10(17-11)7-15-9-12(8-14)3-5-16-6-4-12/h1-2,15H,3-9,14H2. The minimum absolute atomic E-state index is 0.243. The Labute approximate surface area is 115 Å². The van der Waals surface area contributed by atoms with Crippen LogP contribution in [0.25, 0.3) is 0 Å². The number of thiophene rings is 1. The van der Waals surface area contributed by atoms with Crippen molar-refractivity contribution in [2.75, 3.05) is 26.3 Å². The first-order valence-electron chi connectivity index (χ1n) is 5.97. The molecule has 1 aromatic heterocycles. The first-order chi connectivity index (χ1) is 8.24. The van der Waals surface area contributed by atoms with Gasteiger partial charge in [-0.1, -0.05) is 0 Å². The van der Waals surface area contributed by atoms with E-state index in [2.05, 4.69) is 33.4 Å². The van der Waals surface area contributed by atoms with Crippen LogP contribution >= 0.6 is 27.3 Å². The van der Waals surface area contributed by atoms with Crippen molar-refractivity contribution in [3.05, 3.63) is 20.8 Å². The van der Waals surface area contributed by atoms with Crippen LogP contribution in [-0.4, -0.2) is 26.3 Å². The zero-order chi connectivity index (χ0) is 12.1. The van der Waals surface area contributed by atoms with Crippen molar-refractivity contribution in [1.29, 1.82) is 0 Å². The van der Waals surface area contributed by atoms with Crippen LogP contribution in [0.4, 0.5) is 0 Å². The van der Waals surface area contributed by atoms with Crippen molar-refractivity contribution in [2.45, 2.75) is 19.4 Å². The topological polar surface area (TPSA) is 47.3 Å². The number of hydrogen-bond donors (Lipinski definition) is 2. The Bertz CT molecular complexity index is 350. The highest BCUT2D eigenvalue weighted by Crippen LogP contribution is 2.28. The zero-order valence-corrected chi connectivity index (χ0v) is 12.3. The number of hydrogen-bond acceptors (Lipinski definition) is 4. The smallest absolute Gasteiger partial charge is 0.0701 e. The monoisotopic (exact) mass is 318 g/mol. The van der Waals surface area contributed by atoms with E-state index in [4.69, 9.17) is 10.5 Å². The van der Waals surface area contributed by atoms with Gasteiger partial charge in [-0.05, 0) is 52.9 Å². The lowest BCUT2D eigenvalue weighted by molar-refractivity contribution is 0.0191. The normalized spacial score (nSPS) is 19.4. The molecule has 0 saturated carbocycles. The molecule has 0 bridgehead atoms. The Balaban J connectivity index is 1.79. The van der Waals surface area contributed by atoms with E-state index < -0.39 is 0 Å². The number of halogens is 1. The second kappa shape index (κ2) is 6.29. The maximum Gasteiger partial charge on any atom is 0.0701 e. The Hall–Kier alpha value is 0.0600. The van der Waals surface area contributed by atoms with Crippen LogP contribution in [0.15, 0.2) is 15.9 Å². The van der Waals surface area contributed by atoms with E-state index in [0.717, 1.165) is 45.7 Å². The minimum atomic E-state index is 0.243. The molecule has 0 aromatic carbocycles. The third-order valence-electron chi connectivity index (χ3n) is 3.41. The minimum Gasteiger partial charge on any atom is -0.381 e. The number of ether oxygens (including phenoxy) is 1. The molecule has 0 radical (unpaired) electrons. The molecule has 1 saturated heterocycles. The van der Waals surface area contributed by atoms with Gasteiger partial charge in [-0.3, -0.25) is 0 Å². The first kappa shape index (κ1) is 13.5. The van der Waals surface area contributed by atoms with Gasteiger partial charge < -0.3 is 15.8 Å². The quantitative estimate of drug-likeness (QED) is 0.876. The molecule has 1 aromatic rings. The molecule has 1 aliphatic rings. The SMILES string of the molecule is NCC1(CNCc2ccc(Br)s2)CCOCC1. The summed E-state index contributed by atoms with van der Waals surface area (Å²) in [6.07, 6.45) is 2.15. The largest absolute Gasteiger partial charge is 0.381 e. The molecule has 3 N–H and O–H groups in total. The van der Waals surface area contributed by atoms with Crippen LogP contribution in [0, 0.1) is 5.41 Å². The molecule has 17 heavy (non-hydrogen) atoms. The van der Waals surface area contributed by atoms with Crippen LogP contribution in [0.2, 0.25) is 0 Å². The lowest BCUT2D eigenvalue weighted by Crippen LogP contribution is -2.44. The van der Waals surface area contributed by atoms with Crippen molar-refractivity contribution in [3.63, 3.8) is 0 Å². The number of nitrogens with one attached hydrogen (secondary N) is 1. The van der Waals surface area contributed by atoms with E-state index in [0.29, 0.717) is 0 Å². The van der Waals surface area contributed by atoms with Crippen molar-refractivity contribution in [2.24, 2.45) is 11.1 Å². The fraction of sp³-hybridized carbons (Fsp3) is 0.667. The first-order valence-corrected chi connectivity index (χ1v) is 7.58. The molecule has 0 amide bonds. The molecule has 2 heterocycles. The highest BCUT2D eigenvalue weighted by atomic mass is 79.9. The lowest BCUT2D eigenvalue weighted by atomic mass is 9.80. The van der Waals surface area contributed by atoms with E-state index in [-0.39, 0.29) is 5.41 Å². The summed E-state index contributed by atoms with van der Waals surface area (Å²) in [4.78, 5) is 1.36. The second-order valence-corrected chi connectivity index (χ2v) is 7.17. The van der Waals surface area contributed by atoms with Gasteiger partial charge in [-0.25, -0.2) is 0 Å². The molecule has 0 atom stereocenters. The average Bonchev–Trinajstić information content (AvgIpc) is 2.76. The molecule has 5 heteroatoms. The van der Waals surface area contributed by atoms with E-state index in [9.17, 15) is 0 Å². The Morgan fingerprint density at radius 3 is 2.76 bits per heavy atom. The zero-order valence-electron chi connectivity index (χ0n) is 9.88. The summed E-state index contributed by atoms with van der Waals surface area (Å²) in [7, 11) is 0.